The first-order valence-electron chi connectivity index (χ1n) is 4.42. The van der Waals surface area contributed by atoms with Gasteiger partial charge < -0.3 is 10.0 Å². The van der Waals surface area contributed by atoms with Crippen LogP contribution in [0.2, 0.25) is 0 Å². The Bertz CT molecular complexity index is 310. The second-order valence-electron chi connectivity index (χ2n) is 3.33. The van der Waals surface area contributed by atoms with Gasteiger partial charge in [-0.3, -0.25) is 0 Å². The number of hydrogen-bond acceptors (Lipinski definition) is 4. The maximum atomic E-state index is 10.6. The molecule has 0 radical (unpaired) electrons. The zero-order valence-electron chi connectivity index (χ0n) is 8.36. The van der Waals surface area contributed by atoms with Crippen LogP contribution in [-0.4, -0.2) is 41.6 Å². The maximum absolute atomic E-state index is 10.6. The quantitative estimate of drug-likeness (QED) is 0.803. The molecule has 1 rings (SSSR count). The molecule has 0 saturated heterocycles. The van der Waals surface area contributed by atoms with Crippen LogP contribution in [0.4, 0.5) is 0 Å². The molecule has 0 spiro atoms. The van der Waals surface area contributed by atoms with Crippen molar-refractivity contribution in [2.45, 2.75) is 12.8 Å². The molecule has 78 valence electrons. The molecule has 0 aliphatic rings. The van der Waals surface area contributed by atoms with Gasteiger partial charge in [0.1, 0.15) is 4.88 Å². The lowest BCUT2D eigenvalue weighted by atomic mass is 10.3. The summed E-state index contributed by atoms with van der Waals surface area (Å²) in [5.41, 5.74) is 0. The number of thiazole rings is 1. The predicted octanol–water partition coefficient (Wildman–Crippen LogP) is 1.34. The molecule has 0 bridgehead atoms. The van der Waals surface area contributed by atoms with Gasteiger partial charge in [0.25, 0.3) is 0 Å². The summed E-state index contributed by atoms with van der Waals surface area (Å²) in [5.74, 6) is -0.888. The highest BCUT2D eigenvalue weighted by molar-refractivity contribution is 7.13. The molecule has 1 aromatic rings. The average Bonchev–Trinajstić information content (AvgIpc) is 2.52. The molecule has 1 N–H and O–H groups in total. The number of rotatable bonds is 5. The minimum atomic E-state index is -0.888. The van der Waals surface area contributed by atoms with Gasteiger partial charge >= 0.3 is 5.97 Å². The van der Waals surface area contributed by atoms with E-state index in [1.54, 1.807) is 0 Å². The van der Waals surface area contributed by atoms with Gasteiger partial charge in [-0.2, -0.15) is 0 Å². The number of carboxylic acid groups (broad SMARTS) is 1. The number of nitrogens with zero attached hydrogens (tertiary/aromatic N) is 2. The number of aromatic carboxylic acids is 1. The van der Waals surface area contributed by atoms with Gasteiger partial charge in [0, 0.05) is 6.42 Å². The van der Waals surface area contributed by atoms with E-state index in [1.807, 2.05) is 14.1 Å². The Hall–Kier alpha value is -0.940. The fourth-order valence-electron chi connectivity index (χ4n) is 1.07. The Morgan fingerprint density at radius 1 is 1.64 bits per heavy atom. The molecule has 0 unspecified atom stereocenters. The average molecular weight is 214 g/mol. The molecule has 0 saturated carbocycles. The fourth-order valence-corrected chi connectivity index (χ4v) is 1.87. The number of aryl methyl sites for hydroxylation is 1. The number of hydrogen-bond donors (Lipinski definition) is 1. The van der Waals surface area contributed by atoms with E-state index in [1.165, 1.54) is 17.5 Å². The summed E-state index contributed by atoms with van der Waals surface area (Å²) in [6.07, 6.45) is 3.30. The van der Waals surface area contributed by atoms with E-state index in [9.17, 15) is 4.79 Å². The lowest BCUT2D eigenvalue weighted by molar-refractivity contribution is 0.0702. The van der Waals surface area contributed by atoms with Crippen LogP contribution in [0.5, 0.6) is 0 Å². The molecule has 4 nitrogen and oxygen atoms in total. The van der Waals surface area contributed by atoms with Gasteiger partial charge in [0.2, 0.25) is 0 Å². The SMILES string of the molecule is CN(C)CCCc1ncc(C(=O)O)s1. The van der Waals surface area contributed by atoms with Crippen LogP contribution in [-0.2, 0) is 6.42 Å². The largest absolute Gasteiger partial charge is 0.477 e. The zero-order chi connectivity index (χ0) is 10.6. The van der Waals surface area contributed by atoms with E-state index in [2.05, 4.69) is 9.88 Å². The van der Waals surface area contributed by atoms with Gasteiger partial charge in [-0.1, -0.05) is 0 Å². The second kappa shape index (κ2) is 5.07. The molecule has 14 heavy (non-hydrogen) atoms. The smallest absolute Gasteiger partial charge is 0.347 e. The third-order valence-electron chi connectivity index (χ3n) is 1.76. The first kappa shape index (κ1) is 11.1. The molecule has 0 aromatic carbocycles. The Kier molecular flexibility index (Phi) is 4.03. The molecule has 0 aliphatic carbocycles. The monoisotopic (exact) mass is 214 g/mol. The van der Waals surface area contributed by atoms with Gasteiger partial charge in [-0.05, 0) is 27.1 Å². The van der Waals surface area contributed by atoms with Crippen molar-refractivity contribution in [2.24, 2.45) is 0 Å². The number of carboxylic acids is 1. The van der Waals surface area contributed by atoms with E-state index in [0.29, 0.717) is 4.88 Å². The standard InChI is InChI=1S/C9H14N2O2S/c1-11(2)5-3-4-8-10-6-7(14-8)9(12)13/h6H,3-5H2,1-2H3,(H,12,13). The van der Waals surface area contributed by atoms with Crippen molar-refractivity contribution in [1.82, 2.24) is 9.88 Å². The minimum absolute atomic E-state index is 0.324. The van der Waals surface area contributed by atoms with Gasteiger partial charge in [0.15, 0.2) is 0 Å². The molecule has 5 heteroatoms. The van der Waals surface area contributed by atoms with Crippen molar-refractivity contribution >= 4 is 17.3 Å². The summed E-state index contributed by atoms with van der Waals surface area (Å²) >= 11 is 1.26. The van der Waals surface area contributed by atoms with Crippen LogP contribution in [0, 0.1) is 0 Å². The van der Waals surface area contributed by atoms with E-state index in [4.69, 9.17) is 5.11 Å². The van der Waals surface area contributed by atoms with Crippen molar-refractivity contribution in [1.29, 1.82) is 0 Å². The van der Waals surface area contributed by atoms with Crippen LogP contribution in [0.3, 0.4) is 0 Å². The minimum Gasteiger partial charge on any atom is -0.477 e. The molecule has 1 aromatic heterocycles. The summed E-state index contributed by atoms with van der Waals surface area (Å²) in [6.45, 7) is 1.00. The summed E-state index contributed by atoms with van der Waals surface area (Å²) in [6, 6.07) is 0. The zero-order valence-corrected chi connectivity index (χ0v) is 9.17. The molecule has 0 amide bonds. The Balaban J connectivity index is 2.40. The lowest BCUT2D eigenvalue weighted by Crippen LogP contribution is -2.13. The Morgan fingerprint density at radius 3 is 2.86 bits per heavy atom. The van der Waals surface area contributed by atoms with E-state index >= 15 is 0 Å². The van der Waals surface area contributed by atoms with Crippen molar-refractivity contribution in [3.05, 3.63) is 16.1 Å². The Labute approximate surface area is 87.2 Å². The molecular weight excluding hydrogens is 200 g/mol. The molecule has 0 atom stereocenters. The molecule has 1 heterocycles. The summed E-state index contributed by atoms with van der Waals surface area (Å²) in [7, 11) is 4.04. The topological polar surface area (TPSA) is 53.4 Å². The van der Waals surface area contributed by atoms with Crippen molar-refractivity contribution < 1.29 is 9.90 Å². The number of carbonyl (C=O) groups is 1. The maximum Gasteiger partial charge on any atom is 0.347 e. The normalized spacial score (nSPS) is 10.8. The molecular formula is C9H14N2O2S. The number of aromatic nitrogens is 1. The summed E-state index contributed by atoms with van der Waals surface area (Å²) in [5, 5.41) is 9.58. The highest BCUT2D eigenvalue weighted by Gasteiger charge is 2.07. The van der Waals surface area contributed by atoms with Crippen LogP contribution < -0.4 is 0 Å². The third-order valence-corrected chi connectivity index (χ3v) is 2.81. The van der Waals surface area contributed by atoms with Gasteiger partial charge in [-0.25, -0.2) is 9.78 Å². The first-order valence-corrected chi connectivity index (χ1v) is 5.24. The third kappa shape index (κ3) is 3.43. The predicted molar refractivity (Wildman–Crippen MR) is 55.9 cm³/mol. The first-order chi connectivity index (χ1) is 6.59. The second-order valence-corrected chi connectivity index (χ2v) is 4.45. The Morgan fingerprint density at radius 2 is 2.36 bits per heavy atom. The van der Waals surface area contributed by atoms with Gasteiger partial charge in [-0.15, -0.1) is 11.3 Å². The van der Waals surface area contributed by atoms with E-state index < -0.39 is 5.97 Å². The van der Waals surface area contributed by atoms with Crippen molar-refractivity contribution in [3.8, 4) is 0 Å². The lowest BCUT2D eigenvalue weighted by Gasteiger charge is -2.06. The van der Waals surface area contributed by atoms with Crippen LogP contribution in [0.15, 0.2) is 6.20 Å². The highest BCUT2D eigenvalue weighted by atomic mass is 32.1. The molecule has 0 aliphatic heterocycles. The van der Waals surface area contributed by atoms with Crippen molar-refractivity contribution in [2.75, 3.05) is 20.6 Å². The molecule has 0 fully saturated rings. The summed E-state index contributed by atoms with van der Waals surface area (Å²) < 4.78 is 0. The van der Waals surface area contributed by atoms with Crippen LogP contribution in [0.1, 0.15) is 21.1 Å². The van der Waals surface area contributed by atoms with Crippen LogP contribution in [0.25, 0.3) is 0 Å². The van der Waals surface area contributed by atoms with Crippen LogP contribution >= 0.6 is 11.3 Å². The fraction of sp³-hybridized carbons (Fsp3) is 0.556. The highest BCUT2D eigenvalue weighted by Crippen LogP contribution is 2.14. The van der Waals surface area contributed by atoms with E-state index in [-0.39, 0.29) is 0 Å². The summed E-state index contributed by atoms with van der Waals surface area (Å²) in [4.78, 5) is 17.0. The van der Waals surface area contributed by atoms with Gasteiger partial charge in [0.05, 0.1) is 11.2 Å². The van der Waals surface area contributed by atoms with E-state index in [0.717, 1.165) is 24.4 Å². The van der Waals surface area contributed by atoms with Crippen molar-refractivity contribution in [3.63, 3.8) is 0 Å².